The van der Waals surface area contributed by atoms with E-state index in [9.17, 15) is 19.8 Å². The molecule has 1 aliphatic rings. The Kier molecular flexibility index (Phi) is 12.4. The lowest BCUT2D eigenvalue weighted by Crippen LogP contribution is -2.60. The lowest BCUT2D eigenvalue weighted by atomic mass is 9.90. The number of nitrogens with zero attached hydrogens (tertiary/aromatic N) is 1. The van der Waals surface area contributed by atoms with E-state index in [1.165, 1.54) is 10.5 Å². The van der Waals surface area contributed by atoms with Gasteiger partial charge >= 0.3 is 0 Å². The van der Waals surface area contributed by atoms with Gasteiger partial charge in [0.25, 0.3) is 0 Å². The molecular formula is C29H49N3O4. The highest BCUT2D eigenvalue weighted by atomic mass is 16.5. The van der Waals surface area contributed by atoms with E-state index in [-0.39, 0.29) is 24.3 Å². The number of hydrogen-bond acceptors (Lipinski definition) is 5. The number of benzene rings is 1. The normalized spacial score (nSPS) is 24.1. The molecule has 0 unspecified atom stereocenters. The third-order valence-corrected chi connectivity index (χ3v) is 7.54. The summed E-state index contributed by atoms with van der Waals surface area (Å²) in [6.45, 7) is 8.49. The first-order valence-electron chi connectivity index (χ1n) is 13.8. The Labute approximate surface area is 218 Å². The Morgan fingerprint density at radius 3 is 2.44 bits per heavy atom. The van der Waals surface area contributed by atoms with Gasteiger partial charge < -0.3 is 25.7 Å². The minimum atomic E-state index is -2.13. The molecule has 2 rings (SSSR count). The van der Waals surface area contributed by atoms with Crippen molar-refractivity contribution in [1.29, 1.82) is 0 Å². The van der Waals surface area contributed by atoms with Crippen molar-refractivity contribution in [2.24, 2.45) is 5.92 Å². The Balaban J connectivity index is 2.10. The molecule has 1 saturated heterocycles. The van der Waals surface area contributed by atoms with Crippen molar-refractivity contribution in [3.63, 3.8) is 0 Å². The summed E-state index contributed by atoms with van der Waals surface area (Å²) >= 11 is 0. The summed E-state index contributed by atoms with van der Waals surface area (Å²) in [4.78, 5) is 27.1. The van der Waals surface area contributed by atoms with Crippen LogP contribution in [0.25, 0.3) is 0 Å². The Morgan fingerprint density at radius 2 is 1.75 bits per heavy atom. The van der Waals surface area contributed by atoms with Gasteiger partial charge in [-0.3, -0.25) is 9.59 Å². The van der Waals surface area contributed by atoms with Crippen LogP contribution in [0.3, 0.4) is 0 Å². The maximum absolute atomic E-state index is 13.1. The molecule has 1 aliphatic heterocycles. The van der Waals surface area contributed by atoms with Crippen molar-refractivity contribution in [3.05, 3.63) is 35.4 Å². The molecule has 204 valence electrons. The highest BCUT2D eigenvalue weighted by Gasteiger charge is 2.37. The second-order valence-electron chi connectivity index (χ2n) is 11.1. The summed E-state index contributed by atoms with van der Waals surface area (Å²) in [5, 5.41) is 28.2. The zero-order valence-corrected chi connectivity index (χ0v) is 23.1. The molecular weight excluding hydrogens is 454 g/mol. The molecule has 7 nitrogen and oxygen atoms in total. The van der Waals surface area contributed by atoms with E-state index in [1.54, 1.807) is 14.0 Å². The van der Waals surface area contributed by atoms with E-state index in [4.69, 9.17) is 0 Å². The number of carbonyl (C=O) groups is 2. The topological polar surface area (TPSA) is 102 Å². The van der Waals surface area contributed by atoms with Crippen LogP contribution < -0.4 is 10.6 Å². The number of likely N-dealkylation sites (N-methyl/N-ethyl adjacent to an activating group) is 1. The van der Waals surface area contributed by atoms with Crippen molar-refractivity contribution in [3.8, 4) is 0 Å². The fourth-order valence-corrected chi connectivity index (χ4v) is 4.80. The second kappa shape index (κ2) is 14.7. The molecule has 0 bridgehead atoms. The molecule has 0 saturated carbocycles. The van der Waals surface area contributed by atoms with E-state index in [0.717, 1.165) is 50.5 Å². The zero-order chi connectivity index (χ0) is 26.7. The Hall–Kier alpha value is -1.96. The summed E-state index contributed by atoms with van der Waals surface area (Å²) in [7, 11) is 1.64. The van der Waals surface area contributed by atoms with Crippen molar-refractivity contribution in [2.45, 2.75) is 116 Å². The van der Waals surface area contributed by atoms with Crippen LogP contribution >= 0.6 is 0 Å². The molecule has 2 amide bonds. The Morgan fingerprint density at radius 1 is 1.08 bits per heavy atom. The van der Waals surface area contributed by atoms with Gasteiger partial charge in [-0.2, -0.15) is 0 Å². The van der Waals surface area contributed by atoms with E-state index < -0.39 is 17.9 Å². The van der Waals surface area contributed by atoms with Gasteiger partial charge in [-0.25, -0.2) is 0 Å². The minimum Gasteiger partial charge on any atom is -0.363 e. The first-order chi connectivity index (χ1) is 17.0. The van der Waals surface area contributed by atoms with Crippen molar-refractivity contribution >= 4 is 11.8 Å². The van der Waals surface area contributed by atoms with Crippen LogP contribution in [0.15, 0.2) is 24.3 Å². The van der Waals surface area contributed by atoms with Gasteiger partial charge in [0.1, 0.15) is 6.04 Å². The number of nitrogens with one attached hydrogen (secondary N) is 2. The van der Waals surface area contributed by atoms with Gasteiger partial charge in [0.2, 0.25) is 11.8 Å². The van der Waals surface area contributed by atoms with Crippen LogP contribution in [0.4, 0.5) is 0 Å². The zero-order valence-electron chi connectivity index (χ0n) is 23.1. The highest BCUT2D eigenvalue weighted by molar-refractivity contribution is 5.87. The molecule has 1 aromatic carbocycles. The fourth-order valence-electron chi connectivity index (χ4n) is 4.80. The van der Waals surface area contributed by atoms with E-state index >= 15 is 0 Å². The van der Waals surface area contributed by atoms with E-state index in [1.807, 2.05) is 12.1 Å². The van der Waals surface area contributed by atoms with Gasteiger partial charge in [-0.15, -0.1) is 0 Å². The van der Waals surface area contributed by atoms with Crippen LogP contribution in [-0.4, -0.2) is 58.4 Å². The smallest absolute Gasteiger partial charge is 0.242 e. The summed E-state index contributed by atoms with van der Waals surface area (Å²) in [6, 6.07) is 6.70. The van der Waals surface area contributed by atoms with Gasteiger partial charge in [-0.05, 0) is 42.7 Å². The van der Waals surface area contributed by atoms with Crippen LogP contribution in [0.2, 0.25) is 0 Å². The number of amides is 2. The molecule has 0 spiro atoms. The molecule has 4 N–H and O–H groups in total. The standard InChI is InChI=1S/C29H49N3O4/c1-21(2)25-15-12-14-24(18-25)19-30-20-29(35,36)26-17-22(3)13-10-8-6-7-9-11-16-27(33)32(5)23(4)28(34)31-26/h12,14-15,18,21-23,26,30,35-36H,6-11,13,16-17,19-20H2,1-5H3,(H,31,34)/t22-,23+,26+/m1/s1. The average Bonchev–Trinajstić information content (AvgIpc) is 2.83. The molecule has 0 radical (unpaired) electrons. The fraction of sp³-hybridized carbons (Fsp3) is 0.724. The maximum atomic E-state index is 13.1. The SMILES string of the molecule is CC(C)c1cccc(CNCC(O)(O)[C@@H]2C[C@H](C)CCCCCCCCC(=O)N(C)[C@@H](C)C(=O)N2)c1. The lowest BCUT2D eigenvalue weighted by molar-refractivity contribution is -0.185. The third-order valence-electron chi connectivity index (χ3n) is 7.54. The quantitative estimate of drug-likeness (QED) is 0.438. The first kappa shape index (κ1) is 30.3. The molecule has 0 aromatic heterocycles. The van der Waals surface area contributed by atoms with Gasteiger partial charge in [-0.1, -0.05) is 83.6 Å². The van der Waals surface area contributed by atoms with Crippen molar-refractivity contribution < 1.29 is 19.8 Å². The lowest BCUT2D eigenvalue weighted by Gasteiger charge is -2.35. The van der Waals surface area contributed by atoms with Gasteiger partial charge in [0, 0.05) is 20.0 Å². The summed E-state index contributed by atoms with van der Waals surface area (Å²) in [5.74, 6) is -1.92. The summed E-state index contributed by atoms with van der Waals surface area (Å²) < 4.78 is 0. The molecule has 36 heavy (non-hydrogen) atoms. The van der Waals surface area contributed by atoms with E-state index in [0.29, 0.717) is 25.3 Å². The molecule has 1 aromatic rings. The third kappa shape index (κ3) is 9.83. The highest BCUT2D eigenvalue weighted by Crippen LogP contribution is 2.22. The molecule has 7 heteroatoms. The first-order valence-corrected chi connectivity index (χ1v) is 13.8. The van der Waals surface area contributed by atoms with Crippen LogP contribution in [0.5, 0.6) is 0 Å². The molecule has 1 fully saturated rings. The maximum Gasteiger partial charge on any atom is 0.242 e. The van der Waals surface area contributed by atoms with Crippen LogP contribution in [0, 0.1) is 5.92 Å². The van der Waals surface area contributed by atoms with Crippen LogP contribution in [-0.2, 0) is 16.1 Å². The van der Waals surface area contributed by atoms with Crippen LogP contribution in [0.1, 0.15) is 103 Å². The minimum absolute atomic E-state index is 0.0563. The largest absolute Gasteiger partial charge is 0.363 e. The second-order valence-corrected chi connectivity index (χ2v) is 11.1. The number of rotatable bonds is 6. The van der Waals surface area contributed by atoms with E-state index in [2.05, 4.69) is 43.5 Å². The Bertz CT molecular complexity index is 826. The number of carbonyl (C=O) groups excluding carboxylic acids is 2. The van der Waals surface area contributed by atoms with Gasteiger partial charge in [0.05, 0.1) is 12.6 Å². The molecule has 1 heterocycles. The van der Waals surface area contributed by atoms with Crippen molar-refractivity contribution in [2.75, 3.05) is 13.6 Å². The average molecular weight is 504 g/mol. The predicted octanol–water partition coefficient (Wildman–Crippen LogP) is 4.07. The van der Waals surface area contributed by atoms with Gasteiger partial charge in [0.15, 0.2) is 5.79 Å². The monoisotopic (exact) mass is 503 g/mol. The number of hydrogen-bond donors (Lipinski definition) is 4. The molecule has 3 atom stereocenters. The summed E-state index contributed by atoms with van der Waals surface area (Å²) in [6.07, 6.45) is 8.20. The number of aliphatic hydroxyl groups is 2. The summed E-state index contributed by atoms with van der Waals surface area (Å²) in [5.41, 5.74) is 2.31. The predicted molar refractivity (Wildman–Crippen MR) is 144 cm³/mol. The molecule has 0 aliphatic carbocycles. The van der Waals surface area contributed by atoms with Crippen molar-refractivity contribution in [1.82, 2.24) is 15.5 Å².